The first-order chi connectivity index (χ1) is 15.9. The molecule has 1 aliphatic rings. The Morgan fingerprint density at radius 1 is 1.21 bits per heavy atom. The van der Waals surface area contributed by atoms with Crippen LogP contribution in [0, 0.1) is 0 Å². The van der Waals surface area contributed by atoms with Crippen molar-refractivity contribution in [3.63, 3.8) is 0 Å². The third-order valence-electron chi connectivity index (χ3n) is 5.64. The normalized spacial score (nSPS) is 15.4. The standard InChI is InChI=1S/C26H29N3O3S/c1-5-6-25-28-21(15-33-25)19-9-12-23-22(13-19)29(26(31)17(4)32-23)14-24(30)27-20-10-7-18(8-11-20)16(2)3/h7-13,15-17H,5-6,14H2,1-4H3,(H,27,30). The van der Waals surface area contributed by atoms with Crippen LogP contribution in [0.25, 0.3) is 11.3 Å². The molecule has 0 spiro atoms. The maximum Gasteiger partial charge on any atom is 0.268 e. The van der Waals surface area contributed by atoms with Crippen LogP contribution in [0.4, 0.5) is 11.4 Å². The highest BCUT2D eigenvalue weighted by atomic mass is 32.1. The van der Waals surface area contributed by atoms with E-state index in [1.807, 2.05) is 47.8 Å². The Hall–Kier alpha value is -3.19. The van der Waals surface area contributed by atoms with Gasteiger partial charge in [0.1, 0.15) is 12.3 Å². The van der Waals surface area contributed by atoms with Crippen molar-refractivity contribution in [2.75, 3.05) is 16.8 Å². The van der Waals surface area contributed by atoms with Crippen LogP contribution in [0.15, 0.2) is 47.8 Å². The number of nitrogens with one attached hydrogen (secondary N) is 1. The second-order valence-electron chi connectivity index (χ2n) is 8.57. The van der Waals surface area contributed by atoms with E-state index in [1.165, 1.54) is 10.5 Å². The van der Waals surface area contributed by atoms with Crippen LogP contribution < -0.4 is 15.0 Å². The number of amides is 2. The highest BCUT2D eigenvalue weighted by Gasteiger charge is 2.33. The van der Waals surface area contributed by atoms with Crippen molar-refractivity contribution in [2.24, 2.45) is 0 Å². The molecule has 0 bridgehead atoms. The molecule has 0 saturated carbocycles. The second kappa shape index (κ2) is 9.75. The first-order valence-corrected chi connectivity index (χ1v) is 12.2. The summed E-state index contributed by atoms with van der Waals surface area (Å²) in [6.45, 7) is 7.99. The maximum absolute atomic E-state index is 12.9. The molecule has 3 aromatic rings. The number of anilines is 2. The quantitative estimate of drug-likeness (QED) is 0.492. The molecule has 2 aromatic carbocycles. The topological polar surface area (TPSA) is 71.5 Å². The van der Waals surface area contributed by atoms with Crippen molar-refractivity contribution >= 4 is 34.5 Å². The zero-order chi connectivity index (χ0) is 23.5. The summed E-state index contributed by atoms with van der Waals surface area (Å²) in [7, 11) is 0. The minimum atomic E-state index is -0.656. The Morgan fingerprint density at radius 2 is 1.97 bits per heavy atom. The number of nitrogens with zero attached hydrogens (tertiary/aromatic N) is 2. The van der Waals surface area contributed by atoms with E-state index < -0.39 is 6.10 Å². The minimum absolute atomic E-state index is 0.0902. The first kappa shape index (κ1) is 23.0. The molecular weight excluding hydrogens is 434 g/mol. The summed E-state index contributed by atoms with van der Waals surface area (Å²) in [5, 5.41) is 6.02. The Labute approximate surface area is 198 Å². The predicted octanol–water partition coefficient (Wildman–Crippen LogP) is 5.64. The van der Waals surface area contributed by atoms with Gasteiger partial charge in [0.05, 0.1) is 16.4 Å². The van der Waals surface area contributed by atoms with Crippen LogP contribution in [0.3, 0.4) is 0 Å². The zero-order valence-electron chi connectivity index (χ0n) is 19.4. The van der Waals surface area contributed by atoms with E-state index in [2.05, 4.69) is 26.1 Å². The molecular formula is C26H29N3O3S. The number of fused-ring (bicyclic) bond motifs is 1. The molecule has 2 heterocycles. The number of benzene rings is 2. The third-order valence-corrected chi connectivity index (χ3v) is 6.55. The van der Waals surface area contributed by atoms with Crippen molar-refractivity contribution in [3.8, 4) is 17.0 Å². The smallest absolute Gasteiger partial charge is 0.268 e. The third kappa shape index (κ3) is 5.09. The van der Waals surface area contributed by atoms with Gasteiger partial charge in [-0.1, -0.05) is 32.9 Å². The molecule has 0 aliphatic carbocycles. The summed E-state index contributed by atoms with van der Waals surface area (Å²) in [5.41, 5.74) is 4.26. The number of ether oxygens (including phenoxy) is 1. The van der Waals surface area contributed by atoms with Gasteiger partial charge in [-0.05, 0) is 61.6 Å². The highest BCUT2D eigenvalue weighted by molar-refractivity contribution is 7.09. The van der Waals surface area contributed by atoms with E-state index in [4.69, 9.17) is 9.72 Å². The van der Waals surface area contributed by atoms with Gasteiger partial charge in [-0.25, -0.2) is 4.98 Å². The molecule has 7 heteroatoms. The largest absolute Gasteiger partial charge is 0.479 e. The van der Waals surface area contributed by atoms with Gasteiger partial charge in [0, 0.05) is 16.6 Å². The van der Waals surface area contributed by atoms with Gasteiger partial charge in [0.2, 0.25) is 5.91 Å². The van der Waals surface area contributed by atoms with E-state index >= 15 is 0 Å². The van der Waals surface area contributed by atoms with Crippen LogP contribution in [0.2, 0.25) is 0 Å². The number of aromatic nitrogens is 1. The van der Waals surface area contributed by atoms with Gasteiger partial charge in [-0.2, -0.15) is 0 Å². The van der Waals surface area contributed by atoms with Gasteiger partial charge in [-0.3, -0.25) is 14.5 Å². The molecule has 1 N–H and O–H groups in total. The summed E-state index contributed by atoms with van der Waals surface area (Å²) < 4.78 is 5.80. The summed E-state index contributed by atoms with van der Waals surface area (Å²) in [5.74, 6) is 0.507. The van der Waals surface area contributed by atoms with Crippen LogP contribution >= 0.6 is 11.3 Å². The number of hydrogen-bond donors (Lipinski definition) is 1. The number of carbonyl (C=O) groups is 2. The highest BCUT2D eigenvalue weighted by Crippen LogP contribution is 2.37. The van der Waals surface area contributed by atoms with Crippen molar-refractivity contribution in [2.45, 2.75) is 52.6 Å². The number of carbonyl (C=O) groups excluding carboxylic acids is 2. The fourth-order valence-corrected chi connectivity index (χ4v) is 4.71. The molecule has 1 unspecified atom stereocenters. The fourth-order valence-electron chi connectivity index (χ4n) is 3.80. The molecule has 4 rings (SSSR count). The lowest BCUT2D eigenvalue weighted by Crippen LogP contribution is -2.47. The summed E-state index contributed by atoms with van der Waals surface area (Å²) in [6, 6.07) is 13.5. The van der Waals surface area contributed by atoms with E-state index in [9.17, 15) is 9.59 Å². The first-order valence-electron chi connectivity index (χ1n) is 11.3. The average Bonchev–Trinajstić information content (AvgIpc) is 3.26. The second-order valence-corrected chi connectivity index (χ2v) is 9.51. The molecule has 0 fully saturated rings. The molecule has 6 nitrogen and oxygen atoms in total. The molecule has 1 aromatic heterocycles. The van der Waals surface area contributed by atoms with E-state index in [1.54, 1.807) is 18.3 Å². The zero-order valence-corrected chi connectivity index (χ0v) is 20.2. The molecule has 2 amide bonds. The fraction of sp³-hybridized carbons (Fsp3) is 0.346. The van der Waals surface area contributed by atoms with Crippen LogP contribution in [-0.4, -0.2) is 29.4 Å². The van der Waals surface area contributed by atoms with Crippen molar-refractivity contribution in [3.05, 3.63) is 58.4 Å². The SMILES string of the molecule is CCCc1nc(-c2ccc3c(c2)N(CC(=O)Nc2ccc(C(C)C)cc2)C(=O)C(C)O3)cs1. The van der Waals surface area contributed by atoms with E-state index in [-0.39, 0.29) is 18.4 Å². The predicted molar refractivity (Wildman–Crippen MR) is 133 cm³/mol. The minimum Gasteiger partial charge on any atom is -0.479 e. The summed E-state index contributed by atoms with van der Waals surface area (Å²) in [6.07, 6.45) is 1.33. The molecule has 0 saturated heterocycles. The Morgan fingerprint density at radius 3 is 2.67 bits per heavy atom. The number of hydrogen-bond acceptors (Lipinski definition) is 5. The van der Waals surface area contributed by atoms with Gasteiger partial charge in [-0.15, -0.1) is 11.3 Å². The molecule has 172 valence electrons. The number of aryl methyl sites for hydroxylation is 1. The van der Waals surface area contributed by atoms with E-state index in [0.717, 1.165) is 29.1 Å². The van der Waals surface area contributed by atoms with Crippen LogP contribution in [0.1, 0.15) is 50.6 Å². The molecule has 1 aliphatic heterocycles. The number of rotatable bonds is 7. The summed E-state index contributed by atoms with van der Waals surface area (Å²) in [4.78, 5) is 32.0. The Balaban J connectivity index is 1.56. The Bertz CT molecular complexity index is 1150. The number of thiazole rings is 1. The lowest BCUT2D eigenvalue weighted by molar-refractivity contribution is -0.127. The van der Waals surface area contributed by atoms with E-state index in [0.29, 0.717) is 23.0 Å². The maximum atomic E-state index is 12.9. The van der Waals surface area contributed by atoms with Gasteiger partial charge in [0.25, 0.3) is 5.91 Å². The molecule has 1 atom stereocenters. The molecule has 0 radical (unpaired) electrons. The van der Waals surface area contributed by atoms with Crippen molar-refractivity contribution in [1.82, 2.24) is 4.98 Å². The molecule has 33 heavy (non-hydrogen) atoms. The lowest BCUT2D eigenvalue weighted by atomic mass is 10.0. The van der Waals surface area contributed by atoms with Gasteiger partial charge >= 0.3 is 0 Å². The average molecular weight is 464 g/mol. The van der Waals surface area contributed by atoms with Crippen molar-refractivity contribution < 1.29 is 14.3 Å². The monoisotopic (exact) mass is 463 g/mol. The van der Waals surface area contributed by atoms with Crippen LogP contribution in [-0.2, 0) is 16.0 Å². The van der Waals surface area contributed by atoms with Gasteiger partial charge in [0.15, 0.2) is 6.10 Å². The van der Waals surface area contributed by atoms with Crippen LogP contribution in [0.5, 0.6) is 5.75 Å². The summed E-state index contributed by atoms with van der Waals surface area (Å²) >= 11 is 1.64. The van der Waals surface area contributed by atoms with Gasteiger partial charge < -0.3 is 10.1 Å². The lowest BCUT2D eigenvalue weighted by Gasteiger charge is -2.32. The van der Waals surface area contributed by atoms with Crippen molar-refractivity contribution in [1.29, 1.82) is 0 Å². The Kier molecular flexibility index (Phi) is 6.79.